The number of carboxylic acids is 1. The van der Waals surface area contributed by atoms with Crippen molar-refractivity contribution in [2.75, 3.05) is 13.2 Å². The number of nitrogens with one attached hydrogen (secondary N) is 1. The number of alkyl carbamates (subject to hydrolysis) is 1. The van der Waals surface area contributed by atoms with E-state index >= 15 is 0 Å². The smallest absolute Gasteiger partial charge is 0.407 e. The zero-order valence-electron chi connectivity index (χ0n) is 20.6. The summed E-state index contributed by atoms with van der Waals surface area (Å²) in [6, 6.07) is 15.9. The second-order valence-electron chi connectivity index (χ2n) is 10.5. The summed E-state index contributed by atoms with van der Waals surface area (Å²) in [5.74, 6) is -1.19. The summed E-state index contributed by atoms with van der Waals surface area (Å²) < 4.78 is 5.69. The van der Waals surface area contributed by atoms with Crippen molar-refractivity contribution in [3.63, 3.8) is 0 Å². The van der Waals surface area contributed by atoms with E-state index in [0.29, 0.717) is 0 Å². The van der Waals surface area contributed by atoms with Crippen molar-refractivity contribution in [3.8, 4) is 11.1 Å². The molecule has 1 unspecified atom stereocenters. The monoisotopic (exact) mass is 478 g/mol. The Hall–Kier alpha value is -3.35. The fourth-order valence-electron chi connectivity index (χ4n) is 5.10. The van der Waals surface area contributed by atoms with E-state index in [1.165, 1.54) is 4.90 Å². The predicted octanol–water partition coefficient (Wildman–Crippen LogP) is 4.80. The molecular formula is C28H34N2O5. The van der Waals surface area contributed by atoms with Crippen molar-refractivity contribution in [1.29, 1.82) is 0 Å². The maximum Gasteiger partial charge on any atom is 0.407 e. The highest BCUT2D eigenvalue weighted by Gasteiger charge is 2.36. The quantitative estimate of drug-likeness (QED) is 0.568. The van der Waals surface area contributed by atoms with E-state index in [9.17, 15) is 19.5 Å². The molecule has 4 rings (SSSR count). The van der Waals surface area contributed by atoms with Crippen molar-refractivity contribution < 1.29 is 24.2 Å². The zero-order chi connectivity index (χ0) is 25.2. The van der Waals surface area contributed by atoms with Gasteiger partial charge in [-0.15, -0.1) is 0 Å². The minimum atomic E-state index is -1.06. The normalized spacial score (nSPS) is 16.0. The summed E-state index contributed by atoms with van der Waals surface area (Å²) in [6.45, 7) is 5.27. The van der Waals surface area contributed by atoms with Crippen LogP contribution in [0.3, 0.4) is 0 Å². The van der Waals surface area contributed by atoms with Crippen LogP contribution in [-0.4, -0.2) is 52.7 Å². The molecule has 0 aromatic heterocycles. The maximum atomic E-state index is 13.1. The van der Waals surface area contributed by atoms with Gasteiger partial charge in [0.2, 0.25) is 5.91 Å². The molecule has 186 valence electrons. The van der Waals surface area contributed by atoms with Gasteiger partial charge in [0.25, 0.3) is 0 Å². The van der Waals surface area contributed by atoms with E-state index in [4.69, 9.17) is 4.74 Å². The van der Waals surface area contributed by atoms with Crippen LogP contribution in [0.1, 0.15) is 63.5 Å². The molecule has 7 heteroatoms. The first-order valence-corrected chi connectivity index (χ1v) is 12.3. The Morgan fingerprint density at radius 1 is 1.03 bits per heavy atom. The average molecular weight is 479 g/mol. The number of ether oxygens (including phenoxy) is 1. The largest absolute Gasteiger partial charge is 0.480 e. The number of carbonyl (C=O) groups is 3. The fourth-order valence-corrected chi connectivity index (χ4v) is 5.10. The van der Waals surface area contributed by atoms with E-state index in [0.717, 1.165) is 41.5 Å². The number of hydrogen-bond donors (Lipinski definition) is 2. The van der Waals surface area contributed by atoms with Gasteiger partial charge in [-0.05, 0) is 61.8 Å². The summed E-state index contributed by atoms with van der Waals surface area (Å²) in [4.78, 5) is 38.6. The van der Waals surface area contributed by atoms with Crippen LogP contribution < -0.4 is 5.32 Å². The van der Waals surface area contributed by atoms with Gasteiger partial charge in [-0.1, -0.05) is 55.0 Å². The molecule has 35 heavy (non-hydrogen) atoms. The summed E-state index contributed by atoms with van der Waals surface area (Å²) in [7, 11) is 0. The van der Waals surface area contributed by atoms with E-state index in [2.05, 4.69) is 29.6 Å². The number of hydrogen-bond acceptors (Lipinski definition) is 4. The number of rotatable bonds is 8. The number of aliphatic carboxylic acids is 1. The molecule has 1 atom stereocenters. The Morgan fingerprint density at radius 3 is 2.09 bits per heavy atom. The van der Waals surface area contributed by atoms with Crippen LogP contribution in [0.2, 0.25) is 0 Å². The molecule has 7 nitrogen and oxygen atoms in total. The van der Waals surface area contributed by atoms with Crippen molar-refractivity contribution in [3.05, 3.63) is 59.7 Å². The third kappa shape index (κ3) is 5.50. The van der Waals surface area contributed by atoms with Crippen molar-refractivity contribution in [1.82, 2.24) is 10.2 Å². The molecule has 2 N–H and O–H groups in total. The highest BCUT2D eigenvalue weighted by molar-refractivity contribution is 5.83. The first kappa shape index (κ1) is 24.8. The number of carboxylic acid groups (broad SMARTS) is 1. The Labute approximate surface area is 206 Å². The molecule has 2 aliphatic carbocycles. The van der Waals surface area contributed by atoms with Crippen LogP contribution >= 0.6 is 0 Å². The molecule has 1 saturated carbocycles. The van der Waals surface area contributed by atoms with Gasteiger partial charge in [0.1, 0.15) is 13.2 Å². The zero-order valence-corrected chi connectivity index (χ0v) is 20.6. The Bertz CT molecular complexity index is 1060. The van der Waals surface area contributed by atoms with Gasteiger partial charge in [-0.25, -0.2) is 4.79 Å². The van der Waals surface area contributed by atoms with Gasteiger partial charge in [0, 0.05) is 23.9 Å². The molecule has 0 aliphatic heterocycles. The van der Waals surface area contributed by atoms with Crippen LogP contribution in [0.15, 0.2) is 48.5 Å². The van der Waals surface area contributed by atoms with E-state index in [-0.39, 0.29) is 43.4 Å². The maximum absolute atomic E-state index is 13.1. The van der Waals surface area contributed by atoms with E-state index in [1.54, 1.807) is 0 Å². The molecule has 0 heterocycles. The molecule has 0 spiro atoms. The summed E-state index contributed by atoms with van der Waals surface area (Å²) in [5, 5.41) is 12.2. The molecule has 0 bridgehead atoms. The molecule has 2 aliphatic rings. The molecule has 2 aromatic carbocycles. The lowest BCUT2D eigenvalue weighted by atomic mass is 9.78. The fraction of sp³-hybridized carbons (Fsp3) is 0.464. The van der Waals surface area contributed by atoms with Gasteiger partial charge in [0.05, 0.1) is 0 Å². The Kier molecular flexibility index (Phi) is 7.15. The highest BCUT2D eigenvalue weighted by Crippen LogP contribution is 2.44. The lowest BCUT2D eigenvalue weighted by Gasteiger charge is -2.38. The van der Waals surface area contributed by atoms with Gasteiger partial charge in [-0.2, -0.15) is 0 Å². The third-order valence-corrected chi connectivity index (χ3v) is 7.16. The summed E-state index contributed by atoms with van der Waals surface area (Å²) >= 11 is 0. The standard InChI is InChI=1S/C28H34N2O5/c1-28(2,3)30(16-26(32)33)25(31)15-24(18-9-8-10-18)29-27(34)35-17-23-21-13-6-4-11-19(21)20-12-5-7-14-22(20)23/h4-7,11-14,18,23-24H,8-10,15-17H2,1-3H3,(H,29,34)(H,32,33). The lowest BCUT2D eigenvalue weighted by Crippen LogP contribution is -2.52. The minimum Gasteiger partial charge on any atom is -0.480 e. The SMILES string of the molecule is CC(C)(C)N(CC(=O)O)C(=O)CC(NC(=O)OCC1c2ccccc2-c2ccccc21)C1CCC1. The number of carbonyl (C=O) groups excluding carboxylic acids is 2. The number of amides is 2. The van der Waals surface area contributed by atoms with Gasteiger partial charge in [0.15, 0.2) is 0 Å². The van der Waals surface area contributed by atoms with E-state index in [1.807, 2.05) is 45.0 Å². The topological polar surface area (TPSA) is 95.9 Å². The second-order valence-corrected chi connectivity index (χ2v) is 10.5. The van der Waals surface area contributed by atoms with Crippen molar-refractivity contribution >= 4 is 18.0 Å². The van der Waals surface area contributed by atoms with Gasteiger partial charge >= 0.3 is 12.1 Å². The highest BCUT2D eigenvalue weighted by atomic mass is 16.5. The molecule has 2 aromatic rings. The van der Waals surface area contributed by atoms with Crippen LogP contribution in [-0.2, 0) is 14.3 Å². The van der Waals surface area contributed by atoms with Crippen LogP contribution in [0.5, 0.6) is 0 Å². The molecule has 0 radical (unpaired) electrons. The molecule has 1 fully saturated rings. The Balaban J connectivity index is 1.42. The van der Waals surface area contributed by atoms with Gasteiger partial charge in [-0.3, -0.25) is 9.59 Å². The molecular weight excluding hydrogens is 444 g/mol. The average Bonchev–Trinajstić information content (AvgIpc) is 3.07. The second kappa shape index (κ2) is 10.1. The van der Waals surface area contributed by atoms with Crippen molar-refractivity contribution in [2.24, 2.45) is 5.92 Å². The number of nitrogens with zero attached hydrogens (tertiary/aromatic N) is 1. The third-order valence-electron chi connectivity index (χ3n) is 7.16. The first-order chi connectivity index (χ1) is 16.6. The minimum absolute atomic E-state index is 0.0381. The lowest BCUT2D eigenvalue weighted by molar-refractivity contribution is -0.148. The van der Waals surface area contributed by atoms with Gasteiger partial charge < -0.3 is 20.1 Å². The Morgan fingerprint density at radius 2 is 1.60 bits per heavy atom. The van der Waals surface area contributed by atoms with Crippen LogP contribution in [0.4, 0.5) is 4.79 Å². The van der Waals surface area contributed by atoms with Crippen LogP contribution in [0, 0.1) is 5.92 Å². The summed E-state index contributed by atoms with van der Waals surface area (Å²) in [6.07, 6.45) is 2.42. The molecule has 2 amide bonds. The van der Waals surface area contributed by atoms with Crippen molar-refractivity contribution in [2.45, 2.75) is 64.0 Å². The number of benzene rings is 2. The number of fused-ring (bicyclic) bond motifs is 3. The first-order valence-electron chi connectivity index (χ1n) is 12.3. The van der Waals surface area contributed by atoms with Crippen LogP contribution in [0.25, 0.3) is 11.1 Å². The molecule has 0 saturated heterocycles. The summed E-state index contributed by atoms with van der Waals surface area (Å²) in [5.41, 5.74) is 3.97. The predicted molar refractivity (Wildman–Crippen MR) is 133 cm³/mol. The van der Waals surface area contributed by atoms with E-state index < -0.39 is 17.6 Å².